The van der Waals surface area contributed by atoms with Crippen LogP contribution in [0.2, 0.25) is 0 Å². The smallest absolute Gasteiger partial charge is 0.136 e. The van der Waals surface area contributed by atoms with Crippen molar-refractivity contribution in [1.29, 1.82) is 0 Å². The number of rotatable bonds is 5. The van der Waals surface area contributed by atoms with Gasteiger partial charge in [0.2, 0.25) is 0 Å². The Morgan fingerprint density at radius 2 is 1.80 bits per heavy atom. The van der Waals surface area contributed by atoms with E-state index in [4.69, 9.17) is 0 Å². The van der Waals surface area contributed by atoms with Gasteiger partial charge in [-0.1, -0.05) is 51.1 Å². The first-order valence-corrected chi connectivity index (χ1v) is 5.78. The zero-order chi connectivity index (χ0) is 11.3. The first-order valence-electron chi connectivity index (χ1n) is 5.78. The number of benzene rings is 1. The van der Waals surface area contributed by atoms with Gasteiger partial charge in [0.05, 0.1) is 0 Å². The highest BCUT2D eigenvalue weighted by Crippen LogP contribution is 2.27. The molecule has 0 saturated heterocycles. The highest BCUT2D eigenvalue weighted by Gasteiger charge is 2.22. The largest absolute Gasteiger partial charge is 0.299 e. The molecule has 0 N–H and O–H groups in total. The fourth-order valence-electron chi connectivity index (χ4n) is 2.11. The van der Waals surface area contributed by atoms with E-state index < -0.39 is 0 Å². The fourth-order valence-corrected chi connectivity index (χ4v) is 2.11. The van der Waals surface area contributed by atoms with E-state index in [0.29, 0.717) is 18.1 Å². The second kappa shape index (κ2) is 5.69. The lowest BCUT2D eigenvalue weighted by Gasteiger charge is -2.21. The minimum absolute atomic E-state index is 0.178. The number of carbonyl (C=O) groups is 1. The minimum atomic E-state index is 0.178. The van der Waals surface area contributed by atoms with Crippen LogP contribution in [-0.2, 0) is 4.79 Å². The average molecular weight is 204 g/mol. The molecule has 0 aromatic heterocycles. The van der Waals surface area contributed by atoms with Crippen LogP contribution in [0.5, 0.6) is 0 Å². The third-order valence-corrected chi connectivity index (χ3v) is 3.13. The summed E-state index contributed by atoms with van der Waals surface area (Å²) in [5, 5.41) is 0. The van der Waals surface area contributed by atoms with Gasteiger partial charge >= 0.3 is 0 Å². The monoisotopic (exact) mass is 204 g/mol. The van der Waals surface area contributed by atoms with Crippen molar-refractivity contribution >= 4 is 5.78 Å². The van der Waals surface area contributed by atoms with E-state index in [1.54, 1.807) is 0 Å². The van der Waals surface area contributed by atoms with E-state index in [0.717, 1.165) is 6.42 Å². The van der Waals surface area contributed by atoms with Crippen LogP contribution < -0.4 is 0 Å². The zero-order valence-electron chi connectivity index (χ0n) is 9.86. The molecule has 82 valence electrons. The second-order valence-electron chi connectivity index (χ2n) is 4.03. The molecule has 0 fully saturated rings. The van der Waals surface area contributed by atoms with E-state index in [1.807, 2.05) is 25.1 Å². The van der Waals surface area contributed by atoms with Crippen LogP contribution in [0, 0.1) is 5.92 Å². The predicted molar refractivity (Wildman–Crippen MR) is 63.9 cm³/mol. The van der Waals surface area contributed by atoms with E-state index >= 15 is 0 Å². The standard InChI is InChI=1S/C14H20O/c1-4-13(14(15)5-2)11(3)12-9-7-6-8-10-12/h6-11,13H,4-5H2,1-3H3/t11-,13-/m1/s1. The zero-order valence-corrected chi connectivity index (χ0v) is 9.86. The molecular formula is C14H20O. The molecule has 0 aliphatic heterocycles. The van der Waals surface area contributed by atoms with Crippen LogP contribution >= 0.6 is 0 Å². The molecule has 0 bridgehead atoms. The summed E-state index contributed by atoms with van der Waals surface area (Å²) in [4.78, 5) is 11.8. The summed E-state index contributed by atoms with van der Waals surface area (Å²) < 4.78 is 0. The summed E-state index contributed by atoms with van der Waals surface area (Å²) in [6, 6.07) is 10.3. The van der Waals surface area contributed by atoms with Crippen molar-refractivity contribution in [2.45, 2.75) is 39.5 Å². The molecule has 1 heteroatoms. The Bertz CT molecular complexity index is 302. The summed E-state index contributed by atoms with van der Waals surface area (Å²) in [7, 11) is 0. The molecule has 1 aromatic rings. The van der Waals surface area contributed by atoms with Crippen molar-refractivity contribution in [2.75, 3.05) is 0 Å². The molecule has 0 saturated carbocycles. The normalized spacial score (nSPS) is 14.6. The van der Waals surface area contributed by atoms with E-state index in [1.165, 1.54) is 5.56 Å². The lowest BCUT2D eigenvalue weighted by Crippen LogP contribution is -2.19. The molecule has 1 rings (SSSR count). The van der Waals surface area contributed by atoms with E-state index in [-0.39, 0.29) is 5.92 Å². The quantitative estimate of drug-likeness (QED) is 0.713. The maximum atomic E-state index is 11.8. The highest BCUT2D eigenvalue weighted by molar-refractivity contribution is 5.81. The first-order chi connectivity index (χ1) is 7.20. The van der Waals surface area contributed by atoms with Gasteiger partial charge in [-0.15, -0.1) is 0 Å². The topological polar surface area (TPSA) is 17.1 Å². The van der Waals surface area contributed by atoms with Crippen LogP contribution in [0.15, 0.2) is 30.3 Å². The predicted octanol–water partition coefficient (Wildman–Crippen LogP) is 3.80. The summed E-state index contributed by atoms with van der Waals surface area (Å²) >= 11 is 0. The number of Topliss-reactive ketones (excluding diaryl/α,β-unsaturated/α-hetero) is 1. The van der Waals surface area contributed by atoms with Crippen molar-refractivity contribution < 1.29 is 4.79 Å². The van der Waals surface area contributed by atoms with Gasteiger partial charge < -0.3 is 0 Å². The minimum Gasteiger partial charge on any atom is -0.299 e. The Balaban J connectivity index is 2.82. The first kappa shape index (κ1) is 12.0. The van der Waals surface area contributed by atoms with Crippen LogP contribution in [0.25, 0.3) is 0 Å². The van der Waals surface area contributed by atoms with Crippen molar-refractivity contribution in [3.63, 3.8) is 0 Å². The molecule has 1 nitrogen and oxygen atoms in total. The Kier molecular flexibility index (Phi) is 4.54. The van der Waals surface area contributed by atoms with Gasteiger partial charge in [0.15, 0.2) is 0 Å². The maximum Gasteiger partial charge on any atom is 0.136 e. The van der Waals surface area contributed by atoms with E-state index in [9.17, 15) is 4.79 Å². The van der Waals surface area contributed by atoms with Crippen molar-refractivity contribution in [3.8, 4) is 0 Å². The van der Waals surface area contributed by atoms with Gasteiger partial charge in [-0.05, 0) is 17.9 Å². The van der Waals surface area contributed by atoms with E-state index in [2.05, 4.69) is 26.0 Å². The molecule has 0 spiro atoms. The molecule has 0 radical (unpaired) electrons. The lowest BCUT2D eigenvalue weighted by atomic mass is 9.82. The van der Waals surface area contributed by atoms with Crippen LogP contribution in [0.3, 0.4) is 0 Å². The lowest BCUT2D eigenvalue weighted by molar-refractivity contribution is -0.123. The molecule has 1 aromatic carbocycles. The van der Waals surface area contributed by atoms with Crippen LogP contribution in [0.4, 0.5) is 0 Å². The molecule has 0 heterocycles. The van der Waals surface area contributed by atoms with Crippen molar-refractivity contribution in [3.05, 3.63) is 35.9 Å². The highest BCUT2D eigenvalue weighted by atomic mass is 16.1. The van der Waals surface area contributed by atoms with Crippen LogP contribution in [-0.4, -0.2) is 5.78 Å². The molecule has 15 heavy (non-hydrogen) atoms. The Labute approximate surface area is 92.5 Å². The summed E-state index contributed by atoms with van der Waals surface area (Å²) in [6.45, 7) is 6.19. The number of carbonyl (C=O) groups excluding carboxylic acids is 1. The van der Waals surface area contributed by atoms with Gasteiger partial charge in [-0.2, -0.15) is 0 Å². The third kappa shape index (κ3) is 2.92. The van der Waals surface area contributed by atoms with Crippen molar-refractivity contribution in [2.24, 2.45) is 5.92 Å². The SMILES string of the molecule is CCC(=O)[C@H](CC)[C@H](C)c1ccccc1. The molecule has 0 aliphatic rings. The van der Waals surface area contributed by atoms with Gasteiger partial charge in [0.25, 0.3) is 0 Å². The van der Waals surface area contributed by atoms with Gasteiger partial charge in [-0.25, -0.2) is 0 Å². The molecule has 0 aliphatic carbocycles. The summed E-state index contributed by atoms with van der Waals surface area (Å²) in [5.41, 5.74) is 1.27. The molecular weight excluding hydrogens is 184 g/mol. The number of hydrogen-bond acceptors (Lipinski definition) is 1. The number of hydrogen-bond donors (Lipinski definition) is 0. The summed E-state index contributed by atoms with van der Waals surface area (Å²) in [5.74, 6) is 0.898. The molecule has 2 atom stereocenters. The average Bonchev–Trinajstić information content (AvgIpc) is 2.30. The second-order valence-corrected chi connectivity index (χ2v) is 4.03. The number of ketones is 1. The third-order valence-electron chi connectivity index (χ3n) is 3.13. The summed E-state index contributed by atoms with van der Waals surface area (Å²) in [6.07, 6.45) is 1.58. The molecule has 0 unspecified atom stereocenters. The van der Waals surface area contributed by atoms with Gasteiger partial charge in [0.1, 0.15) is 5.78 Å². The fraction of sp³-hybridized carbons (Fsp3) is 0.500. The van der Waals surface area contributed by atoms with Crippen molar-refractivity contribution in [1.82, 2.24) is 0 Å². The van der Waals surface area contributed by atoms with Gasteiger partial charge in [0, 0.05) is 12.3 Å². The maximum absolute atomic E-state index is 11.8. The Morgan fingerprint density at radius 1 is 1.20 bits per heavy atom. The van der Waals surface area contributed by atoms with Gasteiger partial charge in [-0.3, -0.25) is 4.79 Å². The van der Waals surface area contributed by atoms with Crippen LogP contribution in [0.1, 0.15) is 45.1 Å². The Morgan fingerprint density at radius 3 is 2.27 bits per heavy atom. The Hall–Kier alpha value is -1.11. The molecule has 0 amide bonds.